The quantitative estimate of drug-likeness (QED) is 0.656. The van der Waals surface area contributed by atoms with E-state index in [1.54, 1.807) is 0 Å². The maximum Gasteiger partial charge on any atom is 0.00931 e. The van der Waals surface area contributed by atoms with Crippen LogP contribution in [0.3, 0.4) is 0 Å². The first-order chi connectivity index (χ1) is 6.20. The average Bonchev–Trinajstić information content (AvgIpc) is 2.45. The normalized spacial score (nSPS) is 24.5. The molecule has 1 aliphatic heterocycles. The van der Waals surface area contributed by atoms with Gasteiger partial charge in [0.15, 0.2) is 0 Å². The number of nitrogens with one attached hydrogen (secondary N) is 1. The van der Waals surface area contributed by atoms with Crippen LogP contribution in [0.4, 0.5) is 0 Å². The van der Waals surface area contributed by atoms with Crippen molar-refractivity contribution in [2.45, 2.75) is 51.6 Å². The standard InChI is InChI=1S/C11H24N2/c1-10(2)12-8-4-6-11-7-5-9-13(11)3/h10-12H,4-9H2,1-3H3/t11-/m1/s1. The third-order valence-corrected chi connectivity index (χ3v) is 2.94. The highest BCUT2D eigenvalue weighted by Crippen LogP contribution is 2.18. The van der Waals surface area contributed by atoms with E-state index in [0.29, 0.717) is 6.04 Å². The molecule has 0 aromatic carbocycles. The van der Waals surface area contributed by atoms with Crippen LogP contribution in [0.1, 0.15) is 39.5 Å². The second kappa shape index (κ2) is 5.61. The number of nitrogens with zero attached hydrogens (tertiary/aromatic N) is 1. The van der Waals surface area contributed by atoms with Crippen molar-refractivity contribution in [2.24, 2.45) is 0 Å². The molecule has 1 atom stereocenters. The van der Waals surface area contributed by atoms with Gasteiger partial charge in [-0.25, -0.2) is 0 Å². The van der Waals surface area contributed by atoms with Crippen molar-refractivity contribution in [3.05, 3.63) is 0 Å². The van der Waals surface area contributed by atoms with Crippen molar-refractivity contribution in [1.29, 1.82) is 0 Å². The van der Waals surface area contributed by atoms with Crippen LogP contribution in [-0.4, -0.2) is 37.1 Å². The number of hydrogen-bond donors (Lipinski definition) is 1. The van der Waals surface area contributed by atoms with Gasteiger partial charge >= 0.3 is 0 Å². The molecule has 1 heterocycles. The Kier molecular flexibility index (Phi) is 4.74. The highest BCUT2D eigenvalue weighted by Gasteiger charge is 2.19. The molecule has 1 saturated heterocycles. The van der Waals surface area contributed by atoms with Crippen LogP contribution >= 0.6 is 0 Å². The lowest BCUT2D eigenvalue weighted by Crippen LogP contribution is -2.28. The number of rotatable bonds is 5. The Bertz CT molecular complexity index is 134. The van der Waals surface area contributed by atoms with E-state index in [-0.39, 0.29) is 0 Å². The fraction of sp³-hybridized carbons (Fsp3) is 1.00. The molecule has 0 aliphatic carbocycles. The zero-order valence-electron chi connectivity index (χ0n) is 9.34. The van der Waals surface area contributed by atoms with Gasteiger partial charge in [-0.3, -0.25) is 0 Å². The fourth-order valence-electron chi connectivity index (χ4n) is 2.07. The molecular weight excluding hydrogens is 160 g/mol. The Morgan fingerprint density at radius 1 is 1.46 bits per heavy atom. The summed E-state index contributed by atoms with van der Waals surface area (Å²) >= 11 is 0. The lowest BCUT2D eigenvalue weighted by atomic mass is 10.1. The zero-order valence-corrected chi connectivity index (χ0v) is 9.34. The monoisotopic (exact) mass is 184 g/mol. The van der Waals surface area contributed by atoms with Crippen molar-refractivity contribution >= 4 is 0 Å². The summed E-state index contributed by atoms with van der Waals surface area (Å²) in [6, 6.07) is 1.51. The van der Waals surface area contributed by atoms with Crippen LogP contribution in [0.15, 0.2) is 0 Å². The summed E-state index contributed by atoms with van der Waals surface area (Å²) in [5.74, 6) is 0. The maximum absolute atomic E-state index is 3.47. The molecule has 0 radical (unpaired) electrons. The van der Waals surface area contributed by atoms with Gasteiger partial charge in [-0.15, -0.1) is 0 Å². The fourth-order valence-corrected chi connectivity index (χ4v) is 2.07. The minimum absolute atomic E-state index is 0.640. The van der Waals surface area contributed by atoms with Gasteiger partial charge < -0.3 is 10.2 Å². The van der Waals surface area contributed by atoms with E-state index in [0.717, 1.165) is 6.04 Å². The number of likely N-dealkylation sites (tertiary alicyclic amines) is 1. The van der Waals surface area contributed by atoms with Gasteiger partial charge in [-0.2, -0.15) is 0 Å². The molecule has 0 saturated carbocycles. The lowest BCUT2D eigenvalue weighted by molar-refractivity contribution is 0.290. The SMILES string of the molecule is CC(C)NCCC[C@@H]1CCCN1C. The third kappa shape index (κ3) is 4.10. The molecule has 1 N–H and O–H groups in total. The summed E-state index contributed by atoms with van der Waals surface area (Å²) in [6.45, 7) is 6.91. The Balaban J connectivity index is 1.99. The molecule has 1 rings (SSSR count). The van der Waals surface area contributed by atoms with Crippen molar-refractivity contribution in [3.8, 4) is 0 Å². The van der Waals surface area contributed by atoms with Crippen LogP contribution in [0, 0.1) is 0 Å². The molecule has 0 spiro atoms. The number of hydrogen-bond acceptors (Lipinski definition) is 2. The van der Waals surface area contributed by atoms with Gasteiger partial charge in [0.2, 0.25) is 0 Å². The molecule has 0 aromatic rings. The lowest BCUT2D eigenvalue weighted by Gasteiger charge is -2.19. The van der Waals surface area contributed by atoms with Crippen LogP contribution in [0.25, 0.3) is 0 Å². The summed E-state index contributed by atoms with van der Waals surface area (Å²) < 4.78 is 0. The molecule has 0 bridgehead atoms. The summed E-state index contributed by atoms with van der Waals surface area (Å²) in [5.41, 5.74) is 0. The van der Waals surface area contributed by atoms with Gasteiger partial charge in [0.05, 0.1) is 0 Å². The van der Waals surface area contributed by atoms with E-state index < -0.39 is 0 Å². The van der Waals surface area contributed by atoms with Crippen LogP contribution in [0.5, 0.6) is 0 Å². The van der Waals surface area contributed by atoms with Crippen molar-refractivity contribution in [3.63, 3.8) is 0 Å². The predicted octanol–water partition coefficient (Wildman–Crippen LogP) is 1.86. The van der Waals surface area contributed by atoms with E-state index in [4.69, 9.17) is 0 Å². The van der Waals surface area contributed by atoms with Crippen molar-refractivity contribution in [1.82, 2.24) is 10.2 Å². The van der Waals surface area contributed by atoms with Crippen molar-refractivity contribution < 1.29 is 0 Å². The van der Waals surface area contributed by atoms with Gasteiger partial charge in [-0.1, -0.05) is 13.8 Å². The minimum Gasteiger partial charge on any atom is -0.315 e. The van der Waals surface area contributed by atoms with E-state index in [1.165, 1.54) is 38.8 Å². The Morgan fingerprint density at radius 3 is 2.77 bits per heavy atom. The molecule has 1 fully saturated rings. The predicted molar refractivity (Wildman–Crippen MR) is 58.0 cm³/mol. The van der Waals surface area contributed by atoms with E-state index >= 15 is 0 Å². The Morgan fingerprint density at radius 2 is 2.23 bits per heavy atom. The molecule has 2 nitrogen and oxygen atoms in total. The second-order valence-electron chi connectivity index (χ2n) is 4.53. The summed E-state index contributed by atoms with van der Waals surface area (Å²) in [5, 5.41) is 3.47. The first-order valence-corrected chi connectivity index (χ1v) is 5.64. The van der Waals surface area contributed by atoms with Crippen LogP contribution < -0.4 is 5.32 Å². The smallest absolute Gasteiger partial charge is 0.00931 e. The Labute approximate surface area is 82.7 Å². The molecule has 0 unspecified atom stereocenters. The summed E-state index contributed by atoms with van der Waals surface area (Å²) in [4.78, 5) is 2.51. The van der Waals surface area contributed by atoms with Gasteiger partial charge in [0, 0.05) is 12.1 Å². The first kappa shape index (κ1) is 11.0. The highest BCUT2D eigenvalue weighted by molar-refractivity contribution is 4.76. The molecule has 0 amide bonds. The van der Waals surface area contributed by atoms with E-state index in [9.17, 15) is 0 Å². The van der Waals surface area contributed by atoms with Crippen molar-refractivity contribution in [2.75, 3.05) is 20.1 Å². The largest absolute Gasteiger partial charge is 0.315 e. The second-order valence-corrected chi connectivity index (χ2v) is 4.53. The maximum atomic E-state index is 3.47. The summed E-state index contributed by atoms with van der Waals surface area (Å²) in [7, 11) is 2.26. The van der Waals surface area contributed by atoms with E-state index in [1.807, 2.05) is 0 Å². The average molecular weight is 184 g/mol. The Hall–Kier alpha value is -0.0800. The van der Waals surface area contributed by atoms with Gasteiger partial charge in [-0.05, 0) is 45.8 Å². The molecule has 2 heteroatoms. The molecule has 0 aromatic heterocycles. The van der Waals surface area contributed by atoms with Gasteiger partial charge in [0.25, 0.3) is 0 Å². The summed E-state index contributed by atoms with van der Waals surface area (Å²) in [6.07, 6.45) is 5.51. The molecule has 13 heavy (non-hydrogen) atoms. The first-order valence-electron chi connectivity index (χ1n) is 5.64. The highest BCUT2D eigenvalue weighted by atomic mass is 15.1. The topological polar surface area (TPSA) is 15.3 Å². The van der Waals surface area contributed by atoms with E-state index in [2.05, 4.69) is 31.1 Å². The van der Waals surface area contributed by atoms with Crippen LogP contribution in [-0.2, 0) is 0 Å². The molecular formula is C11H24N2. The molecule has 1 aliphatic rings. The minimum atomic E-state index is 0.640. The third-order valence-electron chi connectivity index (χ3n) is 2.94. The molecule has 78 valence electrons. The zero-order chi connectivity index (χ0) is 9.68. The van der Waals surface area contributed by atoms with Gasteiger partial charge in [0.1, 0.15) is 0 Å². The van der Waals surface area contributed by atoms with Crippen LogP contribution in [0.2, 0.25) is 0 Å².